The Kier molecular flexibility index (Phi) is 11.9. The highest BCUT2D eigenvalue weighted by Gasteiger charge is 2.60. The summed E-state index contributed by atoms with van der Waals surface area (Å²) >= 11 is 0. The summed E-state index contributed by atoms with van der Waals surface area (Å²) in [5.74, 6) is 7.04. The highest BCUT2D eigenvalue weighted by Crippen LogP contribution is 2.69. The van der Waals surface area contributed by atoms with Crippen molar-refractivity contribution < 1.29 is 24.9 Å². The lowest BCUT2D eigenvalue weighted by Gasteiger charge is -2.58. The van der Waals surface area contributed by atoms with Gasteiger partial charge in [0, 0.05) is 19.9 Å². The van der Waals surface area contributed by atoms with Crippen molar-refractivity contribution in [3.8, 4) is 0 Å². The highest BCUT2D eigenvalue weighted by atomic mass is 16.4. The fourth-order valence-electron chi connectivity index (χ4n) is 16.5. The molecule has 55 heavy (non-hydrogen) atoms. The molecule has 6 nitrogen and oxygen atoms in total. The van der Waals surface area contributed by atoms with Crippen LogP contribution < -0.4 is 5.32 Å². The zero-order valence-electron chi connectivity index (χ0n) is 35.9. The van der Waals surface area contributed by atoms with Gasteiger partial charge in [0.1, 0.15) is 0 Å². The maximum Gasteiger partial charge on any atom is 0.303 e. The van der Waals surface area contributed by atoms with Crippen LogP contribution in [0.15, 0.2) is 23.3 Å². The smallest absolute Gasteiger partial charge is 0.303 e. The zero-order chi connectivity index (χ0) is 39.5. The Bertz CT molecular complexity index is 1490. The Balaban J connectivity index is 0.000000169. The summed E-state index contributed by atoms with van der Waals surface area (Å²) < 4.78 is 0. The third kappa shape index (κ3) is 7.35. The highest BCUT2D eigenvalue weighted by molar-refractivity contribution is 5.75. The Morgan fingerprint density at radius 1 is 0.655 bits per heavy atom. The van der Waals surface area contributed by atoms with Crippen LogP contribution in [-0.4, -0.2) is 46.5 Å². The van der Waals surface area contributed by atoms with Crippen molar-refractivity contribution >= 4 is 11.9 Å². The number of rotatable bonds is 8. The molecule has 0 aromatic carbocycles. The van der Waals surface area contributed by atoms with Crippen molar-refractivity contribution in [3.63, 3.8) is 0 Å². The summed E-state index contributed by atoms with van der Waals surface area (Å²) in [6.45, 7) is 14.8. The number of carbonyl (C=O) groups is 2. The van der Waals surface area contributed by atoms with Crippen molar-refractivity contribution in [2.75, 3.05) is 7.05 Å². The van der Waals surface area contributed by atoms with E-state index in [2.05, 4.69) is 59.0 Å². The minimum Gasteiger partial charge on any atom is -0.481 e. The van der Waals surface area contributed by atoms with Gasteiger partial charge in [-0.25, -0.2) is 0 Å². The first-order valence-electron chi connectivity index (χ1n) is 23.2. The van der Waals surface area contributed by atoms with Crippen molar-refractivity contribution in [1.29, 1.82) is 0 Å². The van der Waals surface area contributed by atoms with Gasteiger partial charge >= 0.3 is 5.97 Å². The molecule has 0 aliphatic heterocycles. The van der Waals surface area contributed by atoms with Crippen molar-refractivity contribution in [1.82, 2.24) is 5.32 Å². The summed E-state index contributed by atoms with van der Waals surface area (Å²) in [6.07, 6.45) is 26.9. The summed E-state index contributed by atoms with van der Waals surface area (Å²) in [5.41, 5.74) is 4.64. The molecule has 310 valence electrons. The van der Waals surface area contributed by atoms with E-state index in [9.17, 15) is 19.8 Å². The number of nitrogens with one attached hydrogen (secondary N) is 1. The zero-order valence-corrected chi connectivity index (χ0v) is 35.9. The average Bonchev–Trinajstić information content (AvgIpc) is 3.70. The predicted molar refractivity (Wildman–Crippen MR) is 221 cm³/mol. The molecule has 6 fully saturated rings. The van der Waals surface area contributed by atoms with E-state index in [0.717, 1.165) is 86.4 Å². The molecule has 4 N–H and O–H groups in total. The minimum atomic E-state index is -0.650. The Morgan fingerprint density at radius 2 is 1.09 bits per heavy atom. The van der Waals surface area contributed by atoms with Gasteiger partial charge in [-0.05, 0) is 196 Å². The van der Waals surface area contributed by atoms with Crippen LogP contribution in [0.5, 0.6) is 0 Å². The van der Waals surface area contributed by atoms with Crippen LogP contribution in [0.4, 0.5) is 0 Å². The number of carboxylic acids is 1. The fourth-order valence-corrected chi connectivity index (χ4v) is 16.5. The Hall–Kier alpha value is -1.66. The van der Waals surface area contributed by atoms with E-state index in [1.807, 2.05) is 0 Å². The molecular weight excluding hydrogens is 683 g/mol. The molecule has 0 saturated heterocycles. The molecule has 6 saturated carbocycles. The number of carbonyl (C=O) groups excluding carboxylic acids is 1. The van der Waals surface area contributed by atoms with Crippen LogP contribution >= 0.6 is 0 Å². The Morgan fingerprint density at radius 3 is 1.51 bits per heavy atom. The first kappa shape index (κ1) is 41.5. The number of carboxylic acid groups (broad SMARTS) is 1. The lowest BCUT2D eigenvalue weighted by atomic mass is 9.47. The molecule has 6 heteroatoms. The van der Waals surface area contributed by atoms with Crippen LogP contribution in [0.2, 0.25) is 0 Å². The molecule has 8 aliphatic carbocycles. The average molecular weight is 762 g/mol. The molecule has 0 spiro atoms. The molecule has 0 heterocycles. The maximum absolute atomic E-state index is 11.7. The van der Waals surface area contributed by atoms with E-state index >= 15 is 0 Å². The number of hydrogen-bond acceptors (Lipinski definition) is 4. The van der Waals surface area contributed by atoms with E-state index in [4.69, 9.17) is 5.11 Å². The summed E-state index contributed by atoms with van der Waals surface area (Å²) in [5, 5.41) is 32.2. The normalized spacial score (nSPS) is 46.7. The molecule has 0 aromatic heterocycles. The monoisotopic (exact) mass is 762 g/mol. The van der Waals surface area contributed by atoms with Crippen molar-refractivity contribution in [2.24, 2.45) is 80.8 Å². The molecule has 0 bridgehead atoms. The summed E-state index contributed by atoms with van der Waals surface area (Å²) in [6, 6.07) is 0. The van der Waals surface area contributed by atoms with Gasteiger partial charge in [-0.1, -0.05) is 64.8 Å². The van der Waals surface area contributed by atoms with Crippen molar-refractivity contribution in [3.05, 3.63) is 23.3 Å². The number of allylic oxidation sites excluding steroid dienone is 2. The second-order valence-electron chi connectivity index (χ2n) is 21.9. The number of hydrogen-bond donors (Lipinski definition) is 4. The van der Waals surface area contributed by atoms with E-state index in [1.165, 1.54) is 70.6 Å². The SMILES string of the molecule is CNC(=O)CC[C@@H](C)[C@H]1CC[C@H]2[C@@H]3CC=C4C[C@@H](O)CC[C@]4(C)[C@H]3CC[C@]12C.C[C@H](CCC(=O)O)[C@H]1CC[C@H]2[C@@H]3CC=C4C[C@@H](O)CC[C@]4(C)[C@H]3CC[C@]12C. The molecule has 0 unspecified atom stereocenters. The number of aliphatic hydroxyl groups is 2. The van der Waals surface area contributed by atoms with Crippen LogP contribution in [0.25, 0.3) is 0 Å². The van der Waals surface area contributed by atoms with Gasteiger partial charge in [-0.3, -0.25) is 9.59 Å². The van der Waals surface area contributed by atoms with Crippen LogP contribution in [0.3, 0.4) is 0 Å². The fraction of sp³-hybridized carbons (Fsp3) is 0.878. The minimum absolute atomic E-state index is 0.109. The molecule has 8 aliphatic rings. The van der Waals surface area contributed by atoms with E-state index in [0.29, 0.717) is 52.3 Å². The van der Waals surface area contributed by atoms with Crippen LogP contribution in [-0.2, 0) is 9.59 Å². The van der Waals surface area contributed by atoms with Gasteiger partial charge in [0.05, 0.1) is 12.2 Å². The standard InChI is InChI=1S/C25H41NO2.C24H38O3/c1-16(5-10-23(28)26-4)20-8-9-21-19-7-6-17-15-18(27)11-13-24(17,2)22(19)12-14-25(20,21)3;1-15(4-9-22(26)27)19-7-8-20-18-6-5-16-14-17(25)10-12-23(16,2)21(18)11-13-24(19,20)3/h6,16,18-22,27H,5,7-15H2,1-4H3,(H,26,28);5,15,17-21,25H,4,6-14H2,1-3H3,(H,26,27)/t16-,18+,19+,20-,21+,22+,24+,25-;15-,17+,18+,19-,20+,21+,23+,24-/m11/s1. The van der Waals surface area contributed by atoms with Gasteiger partial charge < -0.3 is 20.6 Å². The Labute approximate surface area is 334 Å². The maximum atomic E-state index is 11.7. The van der Waals surface area contributed by atoms with Gasteiger partial charge in [0.15, 0.2) is 0 Å². The largest absolute Gasteiger partial charge is 0.481 e. The second-order valence-corrected chi connectivity index (χ2v) is 21.9. The molecule has 16 atom stereocenters. The molecular formula is C49H79NO5. The number of aliphatic hydroxyl groups excluding tert-OH is 2. The topological polar surface area (TPSA) is 107 Å². The van der Waals surface area contributed by atoms with Crippen LogP contribution in [0.1, 0.15) is 170 Å². The van der Waals surface area contributed by atoms with E-state index in [-0.39, 0.29) is 18.1 Å². The molecule has 0 aromatic rings. The summed E-state index contributed by atoms with van der Waals surface area (Å²) in [7, 11) is 1.75. The van der Waals surface area contributed by atoms with Crippen LogP contribution in [0, 0.1) is 80.8 Å². The van der Waals surface area contributed by atoms with E-state index < -0.39 is 5.97 Å². The third-order valence-corrected chi connectivity index (χ3v) is 19.6. The lowest BCUT2D eigenvalue weighted by molar-refractivity contribution is -0.137. The third-order valence-electron chi connectivity index (χ3n) is 19.6. The molecule has 0 radical (unpaired) electrons. The molecule has 8 rings (SSSR count). The van der Waals surface area contributed by atoms with Gasteiger partial charge in [-0.15, -0.1) is 0 Å². The quantitative estimate of drug-likeness (QED) is 0.184. The number of fused-ring (bicyclic) bond motifs is 10. The lowest BCUT2D eigenvalue weighted by Crippen LogP contribution is -2.50. The van der Waals surface area contributed by atoms with Gasteiger partial charge in [0.25, 0.3) is 0 Å². The number of aliphatic carboxylic acids is 1. The number of amides is 1. The van der Waals surface area contributed by atoms with Crippen molar-refractivity contribution in [2.45, 2.75) is 182 Å². The van der Waals surface area contributed by atoms with Gasteiger partial charge in [0.2, 0.25) is 5.91 Å². The molecule has 1 amide bonds. The first-order valence-corrected chi connectivity index (χ1v) is 23.2. The van der Waals surface area contributed by atoms with Gasteiger partial charge in [-0.2, -0.15) is 0 Å². The first-order chi connectivity index (χ1) is 26.0. The summed E-state index contributed by atoms with van der Waals surface area (Å²) in [4.78, 5) is 22.8. The van der Waals surface area contributed by atoms with E-state index in [1.54, 1.807) is 18.2 Å². The predicted octanol–water partition coefficient (Wildman–Crippen LogP) is 10.5. The second kappa shape index (κ2) is 15.8.